The van der Waals surface area contributed by atoms with Crippen LogP contribution in [0.4, 0.5) is 4.39 Å². The molecule has 2 N–H and O–H groups in total. The van der Waals surface area contributed by atoms with Crippen molar-refractivity contribution in [1.29, 1.82) is 0 Å². The summed E-state index contributed by atoms with van der Waals surface area (Å²) >= 11 is 5.90. The molecule has 3 rings (SSSR count). The van der Waals surface area contributed by atoms with Crippen molar-refractivity contribution in [2.45, 2.75) is 13.0 Å². The molecule has 0 saturated heterocycles. The Labute approximate surface area is 206 Å². The minimum atomic E-state index is -0.913. The molecule has 0 unspecified atom stereocenters. The van der Waals surface area contributed by atoms with Crippen molar-refractivity contribution in [3.05, 3.63) is 70.6 Å². The summed E-state index contributed by atoms with van der Waals surface area (Å²) in [6.07, 6.45) is 0. The first-order chi connectivity index (χ1) is 16.8. The lowest BCUT2D eigenvalue weighted by Crippen LogP contribution is -2.38. The highest BCUT2D eigenvalue weighted by atomic mass is 35.5. The molecule has 0 aliphatic rings. The lowest BCUT2D eigenvalue weighted by molar-refractivity contribution is 0.0863. The number of hydrogen-bond acceptors (Lipinski definition) is 7. The zero-order valence-corrected chi connectivity index (χ0v) is 20.1. The molecule has 0 fully saturated rings. The molecule has 8 nitrogen and oxygen atoms in total. The molecule has 0 aliphatic heterocycles. The number of carbonyl (C=O) groups is 2. The number of rotatable bonds is 10. The molecule has 0 saturated carbocycles. The topological polar surface area (TPSA) is 107 Å². The number of nitrogens with one attached hydrogen (secondary N) is 1. The SMILES string of the molecule is COc1cc(C(=O)N[C@H](C)C(=O)c2ccc(OC)c(-c3ccc(F)c(Cl)c3)n2)ccc1OCCO. The Kier molecular flexibility index (Phi) is 8.62. The molecule has 0 radical (unpaired) electrons. The van der Waals surface area contributed by atoms with Gasteiger partial charge in [0, 0.05) is 11.1 Å². The van der Waals surface area contributed by atoms with Crippen molar-refractivity contribution in [2.24, 2.45) is 0 Å². The number of ether oxygens (including phenoxy) is 3. The van der Waals surface area contributed by atoms with Crippen LogP contribution in [-0.2, 0) is 0 Å². The summed E-state index contributed by atoms with van der Waals surface area (Å²) in [4.78, 5) is 30.2. The van der Waals surface area contributed by atoms with Crippen molar-refractivity contribution < 1.29 is 33.3 Å². The number of Topliss-reactive ketones (excluding diaryl/α,β-unsaturated/α-hetero) is 1. The third-order valence-corrected chi connectivity index (χ3v) is 5.33. The summed E-state index contributed by atoms with van der Waals surface area (Å²) in [6, 6.07) is 10.7. The molecule has 1 heterocycles. The van der Waals surface area contributed by atoms with Crippen molar-refractivity contribution in [3.8, 4) is 28.5 Å². The van der Waals surface area contributed by atoms with Crippen LogP contribution in [0.1, 0.15) is 27.8 Å². The monoisotopic (exact) mass is 502 g/mol. The van der Waals surface area contributed by atoms with Crippen LogP contribution in [-0.4, -0.2) is 55.3 Å². The van der Waals surface area contributed by atoms with Crippen molar-refractivity contribution in [1.82, 2.24) is 10.3 Å². The minimum absolute atomic E-state index is 0.0778. The second kappa shape index (κ2) is 11.6. The van der Waals surface area contributed by atoms with Gasteiger partial charge in [0.2, 0.25) is 5.78 Å². The first kappa shape index (κ1) is 25.9. The van der Waals surface area contributed by atoms with Gasteiger partial charge in [-0.25, -0.2) is 9.37 Å². The lowest BCUT2D eigenvalue weighted by Gasteiger charge is -2.16. The average Bonchev–Trinajstić information content (AvgIpc) is 2.87. The van der Waals surface area contributed by atoms with Gasteiger partial charge in [0.1, 0.15) is 29.6 Å². The second-order valence-corrected chi connectivity index (χ2v) is 7.78. The number of ketones is 1. The van der Waals surface area contributed by atoms with E-state index in [0.717, 1.165) is 0 Å². The van der Waals surface area contributed by atoms with Gasteiger partial charge in [-0.2, -0.15) is 0 Å². The number of hydrogen-bond donors (Lipinski definition) is 2. The number of halogens is 2. The van der Waals surface area contributed by atoms with E-state index < -0.39 is 23.5 Å². The van der Waals surface area contributed by atoms with Gasteiger partial charge in [0.25, 0.3) is 5.91 Å². The van der Waals surface area contributed by atoms with Crippen LogP contribution < -0.4 is 19.5 Å². The van der Waals surface area contributed by atoms with Gasteiger partial charge in [-0.1, -0.05) is 11.6 Å². The molecule has 0 aliphatic carbocycles. The molecule has 0 spiro atoms. The van der Waals surface area contributed by atoms with E-state index >= 15 is 0 Å². The Hall–Kier alpha value is -3.69. The molecule has 3 aromatic rings. The second-order valence-electron chi connectivity index (χ2n) is 7.37. The summed E-state index contributed by atoms with van der Waals surface area (Å²) in [7, 11) is 2.88. The first-order valence-electron chi connectivity index (χ1n) is 10.6. The minimum Gasteiger partial charge on any atom is -0.494 e. The Morgan fingerprint density at radius 2 is 1.77 bits per heavy atom. The summed E-state index contributed by atoms with van der Waals surface area (Å²) in [5.41, 5.74) is 1.11. The Morgan fingerprint density at radius 3 is 2.43 bits per heavy atom. The number of aromatic nitrogens is 1. The summed E-state index contributed by atoms with van der Waals surface area (Å²) in [6.45, 7) is 1.45. The fourth-order valence-corrected chi connectivity index (χ4v) is 3.43. The number of carbonyl (C=O) groups excluding carboxylic acids is 2. The molecule has 1 aromatic heterocycles. The number of pyridine rings is 1. The quantitative estimate of drug-likeness (QED) is 0.404. The van der Waals surface area contributed by atoms with Crippen molar-refractivity contribution in [2.75, 3.05) is 27.4 Å². The molecule has 1 amide bonds. The van der Waals surface area contributed by atoms with Gasteiger partial charge in [0.15, 0.2) is 11.5 Å². The number of amides is 1. The Morgan fingerprint density at radius 1 is 1.06 bits per heavy atom. The maximum Gasteiger partial charge on any atom is 0.252 e. The lowest BCUT2D eigenvalue weighted by atomic mass is 10.1. The van der Waals surface area contributed by atoms with E-state index in [1.807, 2.05) is 0 Å². The molecule has 184 valence electrons. The summed E-state index contributed by atoms with van der Waals surface area (Å²) in [5, 5.41) is 11.5. The molecule has 10 heteroatoms. The van der Waals surface area contributed by atoms with Crippen LogP contribution >= 0.6 is 11.6 Å². The van der Waals surface area contributed by atoms with Gasteiger partial charge in [-0.15, -0.1) is 0 Å². The van der Waals surface area contributed by atoms with Gasteiger partial charge in [-0.3, -0.25) is 9.59 Å². The first-order valence-corrected chi connectivity index (χ1v) is 10.9. The molecular weight excluding hydrogens is 479 g/mol. The van der Waals surface area contributed by atoms with Crippen molar-refractivity contribution >= 4 is 23.3 Å². The van der Waals surface area contributed by atoms with E-state index in [1.165, 1.54) is 57.5 Å². The number of aliphatic hydroxyl groups is 1. The van der Waals surface area contributed by atoms with Crippen LogP contribution in [0.25, 0.3) is 11.3 Å². The summed E-state index contributed by atoms with van der Waals surface area (Å²) in [5.74, 6) is -0.469. The van der Waals surface area contributed by atoms with Gasteiger partial charge < -0.3 is 24.6 Å². The zero-order chi connectivity index (χ0) is 25.5. The van der Waals surface area contributed by atoms with Crippen LogP contribution in [0.3, 0.4) is 0 Å². The molecule has 2 aromatic carbocycles. The third kappa shape index (κ3) is 6.06. The zero-order valence-electron chi connectivity index (χ0n) is 19.3. The van der Waals surface area contributed by atoms with Gasteiger partial charge in [-0.05, 0) is 55.5 Å². The number of nitrogens with zero attached hydrogens (tertiary/aromatic N) is 1. The van der Waals surface area contributed by atoms with E-state index in [4.69, 9.17) is 30.9 Å². The standard InChI is InChI=1S/C25H24ClFN2O6/c1-14(28-25(32)16-5-8-20(35-11-10-30)22(13-16)34-3)24(31)19-7-9-21(33-2)23(29-19)15-4-6-18(27)17(26)12-15/h4-9,12-14,30H,10-11H2,1-3H3,(H,28,32)/t14-/m1/s1. The van der Waals surface area contributed by atoms with Gasteiger partial charge >= 0.3 is 0 Å². The predicted molar refractivity (Wildman–Crippen MR) is 128 cm³/mol. The maximum absolute atomic E-state index is 13.6. The van der Waals surface area contributed by atoms with E-state index in [0.29, 0.717) is 28.5 Å². The highest BCUT2D eigenvalue weighted by Gasteiger charge is 2.22. The van der Waals surface area contributed by atoms with Crippen molar-refractivity contribution in [3.63, 3.8) is 0 Å². The maximum atomic E-state index is 13.6. The Bertz CT molecular complexity index is 1240. The van der Waals surface area contributed by atoms with E-state index in [2.05, 4.69) is 10.3 Å². The van der Waals surface area contributed by atoms with Crippen LogP contribution in [0.5, 0.6) is 17.2 Å². The highest BCUT2D eigenvalue weighted by Crippen LogP contribution is 2.31. The highest BCUT2D eigenvalue weighted by molar-refractivity contribution is 6.31. The third-order valence-electron chi connectivity index (χ3n) is 5.04. The van der Waals surface area contributed by atoms with E-state index in [1.54, 1.807) is 12.1 Å². The number of aliphatic hydroxyl groups excluding tert-OH is 1. The molecular formula is C25H24ClFN2O6. The normalized spacial score (nSPS) is 11.5. The van der Waals surface area contributed by atoms with E-state index in [-0.39, 0.29) is 29.5 Å². The average molecular weight is 503 g/mol. The molecule has 0 bridgehead atoms. The van der Waals surface area contributed by atoms with Crippen LogP contribution in [0.2, 0.25) is 5.02 Å². The Balaban J connectivity index is 1.80. The van der Waals surface area contributed by atoms with E-state index in [9.17, 15) is 14.0 Å². The van der Waals surface area contributed by atoms with Crippen LogP contribution in [0.15, 0.2) is 48.5 Å². The number of benzene rings is 2. The summed E-state index contributed by atoms with van der Waals surface area (Å²) < 4.78 is 29.5. The van der Waals surface area contributed by atoms with Gasteiger partial charge in [0.05, 0.1) is 31.9 Å². The predicted octanol–water partition coefficient (Wildman–Crippen LogP) is 3.93. The fourth-order valence-electron chi connectivity index (χ4n) is 3.25. The smallest absolute Gasteiger partial charge is 0.252 e. The number of methoxy groups -OCH3 is 2. The fraction of sp³-hybridized carbons (Fsp3) is 0.240. The molecule has 1 atom stereocenters. The van der Waals surface area contributed by atoms with Crippen LogP contribution in [0, 0.1) is 5.82 Å². The largest absolute Gasteiger partial charge is 0.494 e. The molecule has 35 heavy (non-hydrogen) atoms.